The number of unbranched alkanes of at least 4 members (excludes halogenated alkanes) is 1. The molecule has 1 heterocycles. The van der Waals surface area contributed by atoms with E-state index in [1.807, 2.05) is 4.57 Å². The first-order valence-electron chi connectivity index (χ1n) is 4.18. The normalized spacial score (nSPS) is 10.2. The minimum absolute atomic E-state index is 0.217. The first-order chi connectivity index (χ1) is 6.20. The lowest BCUT2D eigenvalue weighted by molar-refractivity contribution is -0.137. The van der Waals surface area contributed by atoms with Crippen molar-refractivity contribution in [2.75, 3.05) is 5.73 Å². The molecule has 0 amide bonds. The molecule has 0 unspecified atom stereocenters. The van der Waals surface area contributed by atoms with Crippen molar-refractivity contribution in [2.45, 2.75) is 25.8 Å². The van der Waals surface area contributed by atoms with Gasteiger partial charge in [0.1, 0.15) is 0 Å². The van der Waals surface area contributed by atoms with Gasteiger partial charge < -0.3 is 15.4 Å². The topological polar surface area (TPSA) is 81.1 Å². The zero-order chi connectivity index (χ0) is 9.68. The van der Waals surface area contributed by atoms with Gasteiger partial charge in [0, 0.05) is 25.4 Å². The summed E-state index contributed by atoms with van der Waals surface area (Å²) in [6, 6.07) is 0. The fourth-order valence-electron chi connectivity index (χ4n) is 1.09. The molecule has 0 atom stereocenters. The zero-order valence-corrected chi connectivity index (χ0v) is 7.31. The molecule has 0 saturated carbocycles. The average molecular weight is 183 g/mol. The summed E-state index contributed by atoms with van der Waals surface area (Å²) in [6.07, 6.45) is 5.12. The second-order valence-corrected chi connectivity index (χ2v) is 2.83. The van der Waals surface area contributed by atoms with Crippen LogP contribution in [0.5, 0.6) is 0 Å². The fourth-order valence-corrected chi connectivity index (χ4v) is 1.09. The second kappa shape index (κ2) is 4.49. The molecule has 1 aromatic heterocycles. The van der Waals surface area contributed by atoms with Crippen LogP contribution in [-0.2, 0) is 11.3 Å². The van der Waals surface area contributed by atoms with E-state index in [0.717, 1.165) is 13.0 Å². The number of hydrogen-bond donors (Lipinski definition) is 2. The number of nitrogens with zero attached hydrogens (tertiary/aromatic N) is 2. The largest absolute Gasteiger partial charge is 0.481 e. The van der Waals surface area contributed by atoms with Crippen LogP contribution < -0.4 is 5.73 Å². The molecule has 3 N–H and O–H groups in total. The Hall–Kier alpha value is -1.52. The summed E-state index contributed by atoms with van der Waals surface area (Å²) in [5.41, 5.74) is 5.52. The van der Waals surface area contributed by atoms with E-state index in [9.17, 15) is 4.79 Å². The van der Waals surface area contributed by atoms with Crippen LogP contribution in [0, 0.1) is 0 Å². The molecule has 0 spiro atoms. The summed E-state index contributed by atoms with van der Waals surface area (Å²) >= 11 is 0. The molecule has 0 aliphatic heterocycles. The molecule has 72 valence electrons. The van der Waals surface area contributed by atoms with Crippen LogP contribution in [0.3, 0.4) is 0 Å². The molecular formula is C8H13N3O2. The van der Waals surface area contributed by atoms with Gasteiger partial charge in [-0.3, -0.25) is 4.79 Å². The monoisotopic (exact) mass is 183 g/mol. The number of carboxylic acids is 1. The van der Waals surface area contributed by atoms with Crippen LogP contribution in [0.4, 0.5) is 5.95 Å². The van der Waals surface area contributed by atoms with Gasteiger partial charge in [0.15, 0.2) is 5.95 Å². The summed E-state index contributed by atoms with van der Waals surface area (Å²) < 4.78 is 1.81. The summed E-state index contributed by atoms with van der Waals surface area (Å²) in [5.74, 6) is -0.270. The maximum Gasteiger partial charge on any atom is 0.303 e. The number of anilines is 1. The number of hydrogen-bond acceptors (Lipinski definition) is 3. The van der Waals surface area contributed by atoms with Crippen molar-refractivity contribution in [1.82, 2.24) is 9.55 Å². The Bertz CT molecular complexity index is 283. The Labute approximate surface area is 76.2 Å². The third-order valence-corrected chi connectivity index (χ3v) is 1.79. The smallest absolute Gasteiger partial charge is 0.303 e. The lowest BCUT2D eigenvalue weighted by atomic mass is 10.2. The van der Waals surface area contributed by atoms with Gasteiger partial charge in [0.25, 0.3) is 0 Å². The predicted molar refractivity (Wildman–Crippen MR) is 48.1 cm³/mol. The number of carbonyl (C=O) groups is 1. The number of nitrogen functional groups attached to an aromatic ring is 1. The summed E-state index contributed by atoms with van der Waals surface area (Å²) in [4.78, 5) is 14.0. The quantitative estimate of drug-likeness (QED) is 0.659. The number of aromatic nitrogens is 2. The summed E-state index contributed by atoms with van der Waals surface area (Å²) in [6.45, 7) is 0.735. The van der Waals surface area contributed by atoms with Crippen molar-refractivity contribution in [3.05, 3.63) is 12.4 Å². The van der Waals surface area contributed by atoms with Crippen molar-refractivity contribution in [1.29, 1.82) is 0 Å². The highest BCUT2D eigenvalue weighted by Gasteiger charge is 1.99. The van der Waals surface area contributed by atoms with Crippen molar-refractivity contribution >= 4 is 11.9 Å². The van der Waals surface area contributed by atoms with Gasteiger partial charge in [0.2, 0.25) is 0 Å². The number of nitrogens with two attached hydrogens (primary N) is 1. The number of rotatable bonds is 5. The van der Waals surface area contributed by atoms with Gasteiger partial charge >= 0.3 is 5.97 Å². The van der Waals surface area contributed by atoms with E-state index in [4.69, 9.17) is 10.8 Å². The third kappa shape index (κ3) is 3.14. The van der Waals surface area contributed by atoms with Crippen molar-refractivity contribution < 1.29 is 9.90 Å². The van der Waals surface area contributed by atoms with Crippen LogP contribution in [0.2, 0.25) is 0 Å². The fraction of sp³-hybridized carbons (Fsp3) is 0.500. The Morgan fingerprint density at radius 3 is 2.92 bits per heavy atom. The lowest BCUT2D eigenvalue weighted by Crippen LogP contribution is -2.03. The van der Waals surface area contributed by atoms with E-state index >= 15 is 0 Å². The van der Waals surface area contributed by atoms with E-state index < -0.39 is 5.97 Å². The molecule has 1 rings (SSSR count). The molecule has 13 heavy (non-hydrogen) atoms. The van der Waals surface area contributed by atoms with Crippen molar-refractivity contribution in [2.24, 2.45) is 0 Å². The molecule has 5 heteroatoms. The summed E-state index contributed by atoms with van der Waals surface area (Å²) in [7, 11) is 0. The van der Waals surface area contributed by atoms with E-state index in [1.54, 1.807) is 12.4 Å². The minimum atomic E-state index is -0.751. The van der Waals surface area contributed by atoms with Gasteiger partial charge in [0.05, 0.1) is 0 Å². The molecule has 0 aliphatic carbocycles. The van der Waals surface area contributed by atoms with Gasteiger partial charge in [-0.1, -0.05) is 0 Å². The molecular weight excluding hydrogens is 170 g/mol. The minimum Gasteiger partial charge on any atom is -0.481 e. The first kappa shape index (κ1) is 9.57. The summed E-state index contributed by atoms with van der Waals surface area (Å²) in [5, 5.41) is 8.38. The predicted octanol–water partition coefficient (Wildman–Crippen LogP) is 0.720. The van der Waals surface area contributed by atoms with Gasteiger partial charge in [-0.25, -0.2) is 4.98 Å². The Balaban J connectivity index is 2.20. The standard InChI is InChI=1S/C8H13N3O2/c9-8-10-4-6-11(8)5-2-1-3-7(12)13/h4,6H,1-3,5H2,(H2,9,10)(H,12,13). The first-order valence-corrected chi connectivity index (χ1v) is 4.18. The van der Waals surface area contributed by atoms with E-state index in [-0.39, 0.29) is 6.42 Å². The highest BCUT2D eigenvalue weighted by molar-refractivity contribution is 5.66. The van der Waals surface area contributed by atoms with Gasteiger partial charge in [-0.05, 0) is 12.8 Å². The van der Waals surface area contributed by atoms with Gasteiger partial charge in [-0.2, -0.15) is 0 Å². The number of imidazole rings is 1. The van der Waals surface area contributed by atoms with E-state index in [1.165, 1.54) is 0 Å². The highest BCUT2D eigenvalue weighted by Crippen LogP contribution is 2.03. The average Bonchev–Trinajstić information content (AvgIpc) is 2.45. The molecule has 0 aliphatic rings. The Morgan fingerprint density at radius 1 is 1.62 bits per heavy atom. The maximum atomic E-state index is 10.2. The molecule has 0 saturated heterocycles. The molecule has 0 fully saturated rings. The second-order valence-electron chi connectivity index (χ2n) is 2.83. The van der Waals surface area contributed by atoms with Crippen LogP contribution in [-0.4, -0.2) is 20.6 Å². The zero-order valence-electron chi connectivity index (χ0n) is 7.31. The lowest BCUT2D eigenvalue weighted by Gasteiger charge is -2.02. The number of aryl methyl sites for hydroxylation is 1. The number of aliphatic carboxylic acids is 1. The number of carboxylic acid groups (broad SMARTS) is 1. The SMILES string of the molecule is Nc1nccn1CCCCC(=O)O. The molecule has 5 nitrogen and oxygen atoms in total. The molecule has 0 bridgehead atoms. The maximum absolute atomic E-state index is 10.2. The van der Waals surface area contributed by atoms with Crippen molar-refractivity contribution in [3.63, 3.8) is 0 Å². The van der Waals surface area contributed by atoms with Crippen LogP contribution in [0.1, 0.15) is 19.3 Å². The Kier molecular flexibility index (Phi) is 3.31. The van der Waals surface area contributed by atoms with E-state index in [2.05, 4.69) is 4.98 Å². The van der Waals surface area contributed by atoms with Crippen LogP contribution >= 0.6 is 0 Å². The Morgan fingerprint density at radius 2 is 2.38 bits per heavy atom. The van der Waals surface area contributed by atoms with Crippen LogP contribution in [0.15, 0.2) is 12.4 Å². The van der Waals surface area contributed by atoms with E-state index in [0.29, 0.717) is 12.4 Å². The molecule has 0 radical (unpaired) electrons. The molecule has 1 aromatic rings. The van der Waals surface area contributed by atoms with Crippen molar-refractivity contribution in [3.8, 4) is 0 Å². The van der Waals surface area contributed by atoms with Crippen LogP contribution in [0.25, 0.3) is 0 Å². The van der Waals surface area contributed by atoms with Gasteiger partial charge in [-0.15, -0.1) is 0 Å². The molecule has 0 aromatic carbocycles. The highest BCUT2D eigenvalue weighted by atomic mass is 16.4. The third-order valence-electron chi connectivity index (χ3n) is 1.79.